The summed E-state index contributed by atoms with van der Waals surface area (Å²) in [6, 6.07) is 10.5. The number of piperazine rings is 1. The van der Waals surface area contributed by atoms with Crippen LogP contribution in [-0.2, 0) is 11.3 Å². The van der Waals surface area contributed by atoms with Gasteiger partial charge < -0.3 is 24.3 Å². The molecule has 42 heavy (non-hydrogen) atoms. The molecule has 2 saturated heterocycles. The van der Waals surface area contributed by atoms with Crippen molar-refractivity contribution >= 4 is 45.0 Å². The SMILES string of the molecule is CCn1nc2nc(C)c(N3CCN(C(=O)N4CCOCC4)CC3)cc2c1N(C)c1nc(-c2ccc(F)cc2)c(C#N)s1. The third kappa shape index (κ3) is 5.12. The summed E-state index contributed by atoms with van der Waals surface area (Å²) in [6.07, 6.45) is 0. The first-order chi connectivity index (χ1) is 20.4. The molecule has 1 aromatic carbocycles. The number of aryl methyl sites for hydroxylation is 2. The summed E-state index contributed by atoms with van der Waals surface area (Å²) in [5, 5.41) is 16.1. The summed E-state index contributed by atoms with van der Waals surface area (Å²) >= 11 is 1.28. The summed E-state index contributed by atoms with van der Waals surface area (Å²) in [6.45, 7) is 9.76. The highest BCUT2D eigenvalue weighted by atomic mass is 32.1. The molecule has 0 bridgehead atoms. The molecular weight excluding hydrogens is 557 g/mol. The number of rotatable bonds is 5. The van der Waals surface area contributed by atoms with Gasteiger partial charge in [0.25, 0.3) is 0 Å². The van der Waals surface area contributed by atoms with Crippen molar-refractivity contribution in [2.24, 2.45) is 0 Å². The normalized spacial score (nSPS) is 15.7. The number of carbonyl (C=O) groups is 1. The fourth-order valence-electron chi connectivity index (χ4n) is 5.53. The van der Waals surface area contributed by atoms with Crippen molar-refractivity contribution in [2.45, 2.75) is 20.4 Å². The fourth-order valence-corrected chi connectivity index (χ4v) is 6.38. The number of hydrogen-bond acceptors (Lipinski definition) is 9. The lowest BCUT2D eigenvalue weighted by atomic mass is 10.1. The molecule has 2 aliphatic heterocycles. The zero-order chi connectivity index (χ0) is 29.4. The Morgan fingerprint density at radius 3 is 2.45 bits per heavy atom. The van der Waals surface area contributed by atoms with Gasteiger partial charge in [-0.05, 0) is 44.2 Å². The average molecular weight is 590 g/mol. The minimum Gasteiger partial charge on any atom is -0.378 e. The number of nitrogens with zero attached hydrogens (tertiary/aromatic N) is 9. The maximum absolute atomic E-state index is 13.5. The van der Waals surface area contributed by atoms with E-state index in [0.29, 0.717) is 85.9 Å². The first kappa shape index (κ1) is 27.9. The number of nitriles is 1. The van der Waals surface area contributed by atoms with Gasteiger partial charge >= 0.3 is 6.03 Å². The number of pyridine rings is 1. The van der Waals surface area contributed by atoms with Gasteiger partial charge in [0.2, 0.25) is 0 Å². The predicted molar refractivity (Wildman–Crippen MR) is 160 cm³/mol. The van der Waals surface area contributed by atoms with E-state index in [-0.39, 0.29) is 11.8 Å². The maximum Gasteiger partial charge on any atom is 0.320 e. The highest BCUT2D eigenvalue weighted by Gasteiger charge is 2.28. The average Bonchev–Trinajstić information content (AvgIpc) is 3.62. The fraction of sp³-hybridized carbons (Fsp3) is 0.414. The minimum atomic E-state index is -0.341. The minimum absolute atomic E-state index is 0.0802. The van der Waals surface area contributed by atoms with E-state index in [4.69, 9.17) is 19.8 Å². The first-order valence-electron chi connectivity index (χ1n) is 14.0. The highest BCUT2D eigenvalue weighted by Crippen LogP contribution is 2.39. The van der Waals surface area contributed by atoms with Gasteiger partial charge in [-0.3, -0.25) is 0 Å². The second-order valence-corrected chi connectivity index (χ2v) is 11.3. The molecule has 218 valence electrons. The standard InChI is InChI=1S/C29H32FN9O2S/c1-4-39-27(35(3)28-33-25(24(18-31)42-28)20-5-7-21(30)8-6-20)22-17-23(19(2)32-26(22)34-39)36-9-11-37(12-10-36)29(40)38-13-15-41-16-14-38/h5-8,17H,4,9-16H2,1-3H3. The monoisotopic (exact) mass is 589 g/mol. The van der Waals surface area contributed by atoms with Crippen LogP contribution in [0.3, 0.4) is 0 Å². The van der Waals surface area contributed by atoms with E-state index in [0.717, 1.165) is 22.6 Å². The molecule has 0 saturated carbocycles. The van der Waals surface area contributed by atoms with Crippen molar-refractivity contribution in [3.8, 4) is 17.3 Å². The van der Waals surface area contributed by atoms with Crippen LogP contribution in [0.15, 0.2) is 30.3 Å². The molecule has 2 amide bonds. The van der Waals surface area contributed by atoms with Gasteiger partial charge in [0.05, 0.1) is 30.0 Å². The lowest BCUT2D eigenvalue weighted by Gasteiger charge is -2.39. The Morgan fingerprint density at radius 1 is 1.10 bits per heavy atom. The summed E-state index contributed by atoms with van der Waals surface area (Å²) in [4.78, 5) is 31.1. The van der Waals surface area contributed by atoms with Gasteiger partial charge in [-0.2, -0.15) is 10.4 Å². The largest absolute Gasteiger partial charge is 0.378 e. The third-order valence-corrected chi connectivity index (χ3v) is 8.82. The lowest BCUT2D eigenvalue weighted by molar-refractivity contribution is 0.0428. The molecule has 0 spiro atoms. The number of anilines is 3. The van der Waals surface area contributed by atoms with E-state index in [1.807, 2.05) is 40.3 Å². The smallest absolute Gasteiger partial charge is 0.320 e. The Balaban J connectivity index is 1.29. The molecule has 0 N–H and O–H groups in total. The second-order valence-electron chi connectivity index (χ2n) is 10.3. The predicted octanol–water partition coefficient (Wildman–Crippen LogP) is 4.24. The van der Waals surface area contributed by atoms with Gasteiger partial charge in [-0.25, -0.2) is 23.8 Å². The molecule has 0 aliphatic carbocycles. The molecule has 13 heteroatoms. The van der Waals surface area contributed by atoms with Crippen LogP contribution in [0.1, 0.15) is 17.5 Å². The Labute approximate surface area is 247 Å². The van der Waals surface area contributed by atoms with Crippen LogP contribution in [0.25, 0.3) is 22.3 Å². The molecule has 11 nitrogen and oxygen atoms in total. The van der Waals surface area contributed by atoms with Crippen LogP contribution in [0.2, 0.25) is 0 Å². The van der Waals surface area contributed by atoms with Crippen LogP contribution >= 0.6 is 11.3 Å². The highest BCUT2D eigenvalue weighted by molar-refractivity contribution is 7.16. The quantitative estimate of drug-likeness (QED) is 0.341. The Morgan fingerprint density at radius 2 is 1.79 bits per heavy atom. The van der Waals surface area contributed by atoms with Crippen molar-refractivity contribution in [2.75, 3.05) is 69.3 Å². The van der Waals surface area contributed by atoms with Crippen LogP contribution in [-0.4, -0.2) is 95.1 Å². The molecule has 5 heterocycles. The molecule has 2 aliphatic rings. The van der Waals surface area contributed by atoms with Crippen molar-refractivity contribution in [3.63, 3.8) is 0 Å². The summed E-state index contributed by atoms with van der Waals surface area (Å²) in [5.74, 6) is 0.484. The number of urea groups is 1. The van der Waals surface area contributed by atoms with Crippen molar-refractivity contribution < 1.29 is 13.9 Å². The number of hydrogen-bond donors (Lipinski definition) is 0. The van der Waals surface area contributed by atoms with E-state index in [1.165, 1.54) is 23.5 Å². The number of halogens is 1. The zero-order valence-corrected chi connectivity index (χ0v) is 24.7. The molecular formula is C29H32FN9O2S. The number of amides is 2. The Kier molecular flexibility index (Phi) is 7.66. The lowest BCUT2D eigenvalue weighted by Crippen LogP contribution is -2.55. The van der Waals surface area contributed by atoms with Crippen molar-refractivity contribution in [1.82, 2.24) is 29.5 Å². The van der Waals surface area contributed by atoms with Crippen molar-refractivity contribution in [3.05, 3.63) is 46.7 Å². The third-order valence-electron chi connectivity index (χ3n) is 7.78. The number of aromatic nitrogens is 4. The van der Waals surface area contributed by atoms with E-state index >= 15 is 0 Å². The molecule has 3 aromatic heterocycles. The van der Waals surface area contributed by atoms with Gasteiger partial charge in [0.15, 0.2) is 10.8 Å². The molecule has 6 rings (SSSR count). The second kappa shape index (κ2) is 11.5. The van der Waals surface area contributed by atoms with Crippen LogP contribution in [0, 0.1) is 24.1 Å². The van der Waals surface area contributed by atoms with Crippen LogP contribution in [0.5, 0.6) is 0 Å². The van der Waals surface area contributed by atoms with E-state index in [2.05, 4.69) is 17.0 Å². The van der Waals surface area contributed by atoms with E-state index in [1.54, 1.807) is 12.1 Å². The molecule has 4 aromatic rings. The topological polar surface area (TPSA) is 107 Å². The van der Waals surface area contributed by atoms with Gasteiger partial charge in [-0.1, -0.05) is 11.3 Å². The molecule has 0 atom stereocenters. The summed E-state index contributed by atoms with van der Waals surface area (Å²) < 4.78 is 20.8. The van der Waals surface area contributed by atoms with E-state index in [9.17, 15) is 14.4 Å². The van der Waals surface area contributed by atoms with Gasteiger partial charge in [0.1, 0.15) is 28.3 Å². The summed E-state index contributed by atoms with van der Waals surface area (Å²) in [5.41, 5.74) is 3.73. The number of fused-ring (bicyclic) bond motifs is 1. The Hall–Kier alpha value is -4.28. The number of thiazole rings is 1. The number of carbonyl (C=O) groups excluding carboxylic acids is 1. The molecule has 2 fully saturated rings. The number of ether oxygens (including phenoxy) is 1. The van der Waals surface area contributed by atoms with Gasteiger partial charge in [-0.15, -0.1) is 0 Å². The van der Waals surface area contributed by atoms with Crippen LogP contribution in [0.4, 0.5) is 25.8 Å². The van der Waals surface area contributed by atoms with E-state index < -0.39 is 0 Å². The Bertz CT molecular complexity index is 1650. The van der Waals surface area contributed by atoms with Crippen LogP contribution < -0.4 is 9.80 Å². The summed E-state index contributed by atoms with van der Waals surface area (Å²) in [7, 11) is 1.91. The van der Waals surface area contributed by atoms with Crippen molar-refractivity contribution in [1.29, 1.82) is 5.26 Å². The zero-order valence-electron chi connectivity index (χ0n) is 23.9. The first-order valence-corrected chi connectivity index (χ1v) is 14.8. The maximum atomic E-state index is 13.5. The number of morpholine rings is 1. The molecule has 0 unspecified atom stereocenters. The van der Waals surface area contributed by atoms with Gasteiger partial charge in [0, 0.05) is 58.4 Å². The molecule has 0 radical (unpaired) electrons. The number of benzene rings is 1.